The first-order chi connectivity index (χ1) is 10.1. The fraction of sp³-hybridized carbons (Fsp3) is 0.235. The van der Waals surface area contributed by atoms with Gasteiger partial charge in [-0.3, -0.25) is 0 Å². The van der Waals surface area contributed by atoms with Gasteiger partial charge in [0.2, 0.25) is 0 Å². The van der Waals surface area contributed by atoms with E-state index in [9.17, 15) is 9.90 Å². The van der Waals surface area contributed by atoms with Crippen LogP contribution in [0.2, 0.25) is 5.02 Å². The lowest BCUT2D eigenvalue weighted by molar-refractivity contribution is -0.138. The molecule has 1 saturated carbocycles. The molecule has 1 fully saturated rings. The molecule has 0 amide bonds. The Balaban J connectivity index is 1.93. The summed E-state index contributed by atoms with van der Waals surface area (Å²) < 4.78 is 0. The maximum Gasteiger partial charge on any atom is 0.330 e. The highest BCUT2D eigenvalue weighted by Gasteiger charge is 2.30. The summed E-state index contributed by atoms with van der Waals surface area (Å²) in [4.78, 5) is 11.7. The Morgan fingerprint density at radius 1 is 1.19 bits per heavy atom. The number of hydrogen-bond acceptors (Lipinski definition) is 2. The smallest absolute Gasteiger partial charge is 0.330 e. The van der Waals surface area contributed by atoms with Crippen molar-refractivity contribution in [3.63, 3.8) is 0 Å². The third kappa shape index (κ3) is 3.19. The van der Waals surface area contributed by atoms with Gasteiger partial charge in [0.15, 0.2) is 6.04 Å². The Kier molecular flexibility index (Phi) is 3.84. The Bertz CT molecular complexity index is 667. The van der Waals surface area contributed by atoms with Gasteiger partial charge in [0.05, 0.1) is 0 Å². The molecule has 108 valence electrons. The lowest BCUT2D eigenvalue weighted by Gasteiger charge is -2.19. The van der Waals surface area contributed by atoms with Gasteiger partial charge in [0.1, 0.15) is 0 Å². The molecule has 0 radical (unpaired) electrons. The quantitative estimate of drug-likeness (QED) is 0.857. The molecule has 3 nitrogen and oxygen atoms in total. The minimum Gasteiger partial charge on any atom is -0.479 e. The molecule has 2 N–H and O–H groups in total. The predicted molar refractivity (Wildman–Crippen MR) is 83.9 cm³/mol. The number of carboxylic acid groups (broad SMARTS) is 1. The van der Waals surface area contributed by atoms with Gasteiger partial charge >= 0.3 is 5.97 Å². The van der Waals surface area contributed by atoms with Gasteiger partial charge in [0.25, 0.3) is 0 Å². The summed E-state index contributed by atoms with van der Waals surface area (Å²) in [6, 6.07) is 14.1. The first kappa shape index (κ1) is 14.0. The van der Waals surface area contributed by atoms with Crippen LogP contribution in [0.5, 0.6) is 0 Å². The van der Waals surface area contributed by atoms with E-state index in [1.807, 2.05) is 30.3 Å². The molecule has 0 bridgehead atoms. The number of benzene rings is 2. The Labute approximate surface area is 128 Å². The van der Waals surface area contributed by atoms with Crippen LogP contribution >= 0.6 is 11.6 Å². The Morgan fingerprint density at radius 3 is 2.62 bits per heavy atom. The molecule has 2 aromatic rings. The molecular weight excluding hydrogens is 286 g/mol. The molecule has 1 aliphatic rings. The molecule has 2 aromatic carbocycles. The SMILES string of the molecule is O=C(O)C(Nc1cccc(Cl)c1)c1ccccc1C1CC1. The minimum atomic E-state index is -0.886. The van der Waals surface area contributed by atoms with Crippen LogP contribution in [0.25, 0.3) is 0 Å². The summed E-state index contributed by atoms with van der Waals surface area (Å²) in [5.41, 5.74) is 2.69. The molecule has 1 atom stereocenters. The summed E-state index contributed by atoms with van der Waals surface area (Å²) in [5.74, 6) is -0.382. The van der Waals surface area contributed by atoms with Crippen molar-refractivity contribution in [1.82, 2.24) is 0 Å². The molecular formula is C17H16ClNO2. The second-order valence-electron chi connectivity index (χ2n) is 5.33. The maximum absolute atomic E-state index is 11.7. The van der Waals surface area contributed by atoms with Crippen LogP contribution in [0.1, 0.15) is 35.9 Å². The largest absolute Gasteiger partial charge is 0.479 e. The topological polar surface area (TPSA) is 49.3 Å². The van der Waals surface area contributed by atoms with Crippen molar-refractivity contribution in [3.05, 3.63) is 64.7 Å². The molecule has 1 aliphatic carbocycles. The van der Waals surface area contributed by atoms with Crippen molar-refractivity contribution >= 4 is 23.3 Å². The maximum atomic E-state index is 11.7. The van der Waals surface area contributed by atoms with E-state index in [0.29, 0.717) is 16.6 Å². The highest BCUT2D eigenvalue weighted by Crippen LogP contribution is 2.43. The van der Waals surface area contributed by atoms with Gasteiger partial charge in [-0.1, -0.05) is 41.9 Å². The summed E-state index contributed by atoms with van der Waals surface area (Å²) in [6.07, 6.45) is 2.28. The molecule has 0 aliphatic heterocycles. The average molecular weight is 302 g/mol. The monoisotopic (exact) mass is 301 g/mol. The number of halogens is 1. The standard InChI is InChI=1S/C17H16ClNO2/c18-12-4-3-5-13(10-12)19-16(17(20)21)15-7-2-1-6-14(15)11-8-9-11/h1-7,10-11,16,19H,8-9H2,(H,20,21). The van der Waals surface area contributed by atoms with Gasteiger partial charge in [-0.15, -0.1) is 0 Å². The summed E-state index contributed by atoms with van der Waals surface area (Å²) >= 11 is 5.96. The average Bonchev–Trinajstić information content (AvgIpc) is 3.29. The molecule has 0 heterocycles. The Morgan fingerprint density at radius 2 is 1.95 bits per heavy atom. The minimum absolute atomic E-state index is 0.504. The molecule has 1 unspecified atom stereocenters. The molecule has 0 spiro atoms. The van der Waals surface area contributed by atoms with E-state index in [1.165, 1.54) is 0 Å². The van der Waals surface area contributed by atoms with E-state index in [2.05, 4.69) is 5.32 Å². The fourth-order valence-corrected chi connectivity index (χ4v) is 2.75. The van der Waals surface area contributed by atoms with E-state index in [4.69, 9.17) is 11.6 Å². The number of anilines is 1. The number of nitrogens with one attached hydrogen (secondary N) is 1. The first-order valence-corrected chi connectivity index (χ1v) is 7.36. The Hall–Kier alpha value is -2.00. The van der Waals surface area contributed by atoms with E-state index >= 15 is 0 Å². The lowest BCUT2D eigenvalue weighted by atomic mass is 9.97. The number of carbonyl (C=O) groups is 1. The van der Waals surface area contributed by atoms with Crippen molar-refractivity contribution < 1.29 is 9.90 Å². The predicted octanol–water partition coefficient (Wildman–Crippen LogP) is 4.46. The van der Waals surface area contributed by atoms with Crippen molar-refractivity contribution in [1.29, 1.82) is 0 Å². The number of carboxylic acids is 1. The summed E-state index contributed by atoms with van der Waals surface area (Å²) in [6.45, 7) is 0. The third-order valence-corrected chi connectivity index (χ3v) is 3.94. The zero-order valence-corrected chi connectivity index (χ0v) is 12.2. The summed E-state index contributed by atoms with van der Waals surface area (Å²) in [5, 5.41) is 13.2. The first-order valence-electron chi connectivity index (χ1n) is 6.99. The van der Waals surface area contributed by atoms with Gasteiger partial charge in [-0.05, 0) is 48.1 Å². The van der Waals surface area contributed by atoms with Gasteiger partial charge in [0, 0.05) is 10.7 Å². The van der Waals surface area contributed by atoms with Crippen LogP contribution in [-0.2, 0) is 4.79 Å². The van der Waals surface area contributed by atoms with Crippen molar-refractivity contribution in [2.75, 3.05) is 5.32 Å². The van der Waals surface area contributed by atoms with Crippen LogP contribution in [0.3, 0.4) is 0 Å². The van der Waals surface area contributed by atoms with E-state index in [-0.39, 0.29) is 0 Å². The second kappa shape index (κ2) is 5.78. The lowest BCUT2D eigenvalue weighted by Crippen LogP contribution is -2.21. The molecule has 3 rings (SSSR count). The van der Waals surface area contributed by atoms with Gasteiger partial charge < -0.3 is 10.4 Å². The zero-order valence-electron chi connectivity index (χ0n) is 11.4. The zero-order chi connectivity index (χ0) is 14.8. The van der Waals surface area contributed by atoms with Gasteiger partial charge in [-0.25, -0.2) is 4.79 Å². The van der Waals surface area contributed by atoms with Gasteiger partial charge in [-0.2, -0.15) is 0 Å². The molecule has 0 saturated heterocycles. The second-order valence-corrected chi connectivity index (χ2v) is 5.77. The van der Waals surface area contributed by atoms with Crippen LogP contribution in [0.4, 0.5) is 5.69 Å². The molecule has 21 heavy (non-hydrogen) atoms. The van der Waals surface area contributed by atoms with Crippen molar-refractivity contribution in [3.8, 4) is 0 Å². The van der Waals surface area contributed by atoms with Crippen LogP contribution in [0.15, 0.2) is 48.5 Å². The number of rotatable bonds is 5. The van der Waals surface area contributed by atoms with Crippen LogP contribution in [0, 0.1) is 0 Å². The van der Waals surface area contributed by atoms with Crippen LogP contribution < -0.4 is 5.32 Å². The highest BCUT2D eigenvalue weighted by atomic mass is 35.5. The fourth-order valence-electron chi connectivity index (χ4n) is 2.56. The summed E-state index contributed by atoms with van der Waals surface area (Å²) in [7, 11) is 0. The van der Waals surface area contributed by atoms with E-state index < -0.39 is 12.0 Å². The highest BCUT2D eigenvalue weighted by molar-refractivity contribution is 6.30. The van der Waals surface area contributed by atoms with Crippen molar-refractivity contribution in [2.24, 2.45) is 0 Å². The number of aliphatic carboxylic acids is 1. The van der Waals surface area contributed by atoms with E-state index in [1.54, 1.807) is 18.2 Å². The number of hydrogen-bond donors (Lipinski definition) is 2. The molecule has 4 heteroatoms. The normalized spacial score (nSPS) is 15.5. The molecule has 0 aromatic heterocycles. The third-order valence-electron chi connectivity index (χ3n) is 3.71. The van der Waals surface area contributed by atoms with Crippen molar-refractivity contribution in [2.45, 2.75) is 24.8 Å². The van der Waals surface area contributed by atoms with Crippen LogP contribution in [-0.4, -0.2) is 11.1 Å². The van der Waals surface area contributed by atoms with E-state index in [0.717, 1.165) is 24.0 Å².